The van der Waals surface area contributed by atoms with Crippen LogP contribution >= 0.6 is 11.6 Å². The first-order chi connectivity index (χ1) is 13.8. The van der Waals surface area contributed by atoms with Crippen molar-refractivity contribution in [1.29, 1.82) is 0 Å². The number of hydroxylamine groups is 1. The van der Waals surface area contributed by atoms with Gasteiger partial charge in [-0.3, -0.25) is 25.4 Å². The zero-order chi connectivity index (χ0) is 21.0. The highest BCUT2D eigenvalue weighted by Crippen LogP contribution is 2.32. The van der Waals surface area contributed by atoms with Crippen molar-refractivity contribution in [3.8, 4) is 0 Å². The third-order valence-corrected chi connectivity index (χ3v) is 3.66. The van der Waals surface area contributed by atoms with Crippen LogP contribution in [0.25, 0.3) is 0 Å². The van der Waals surface area contributed by atoms with Gasteiger partial charge in [0.1, 0.15) is 0 Å². The van der Waals surface area contributed by atoms with Gasteiger partial charge in [0.15, 0.2) is 11.5 Å². The summed E-state index contributed by atoms with van der Waals surface area (Å²) in [6, 6.07) is 8.38. The maximum atomic E-state index is 13.2. The molecule has 0 aliphatic heterocycles. The second-order valence-corrected chi connectivity index (χ2v) is 5.77. The third kappa shape index (κ3) is 4.50. The number of rotatable bonds is 4. The molecule has 0 unspecified atom stereocenters. The Kier molecular flexibility index (Phi) is 5.75. The number of amidine groups is 1. The predicted octanol–water partition coefficient (Wildman–Crippen LogP) is 3.40. The molecule has 29 heavy (non-hydrogen) atoms. The molecule has 3 rings (SSSR count). The molecule has 0 aliphatic rings. The summed E-state index contributed by atoms with van der Waals surface area (Å²) in [6.07, 6.45) is -2.87. The van der Waals surface area contributed by atoms with Crippen LogP contribution in [-0.2, 0) is 4.79 Å². The fraction of sp³-hybridized carbons (Fsp3) is 0.0625. The van der Waals surface area contributed by atoms with Crippen molar-refractivity contribution >= 4 is 40.5 Å². The van der Waals surface area contributed by atoms with Crippen LogP contribution in [0.2, 0.25) is 5.02 Å². The van der Waals surface area contributed by atoms with Crippen LogP contribution in [0.3, 0.4) is 0 Å². The van der Waals surface area contributed by atoms with Gasteiger partial charge in [-0.05, 0) is 40.6 Å². The number of pyridine rings is 1. The molecule has 9 nitrogen and oxygen atoms in total. The lowest BCUT2D eigenvalue weighted by molar-refractivity contribution is -0.169. The number of aliphatic imine (C=N–C) groups is 1. The van der Waals surface area contributed by atoms with Gasteiger partial charge in [0.25, 0.3) is 0 Å². The van der Waals surface area contributed by atoms with Gasteiger partial charge in [-0.1, -0.05) is 17.7 Å². The van der Waals surface area contributed by atoms with Crippen LogP contribution in [0, 0.1) is 0 Å². The molecular formula is C16H10ClF3N6O3. The van der Waals surface area contributed by atoms with Gasteiger partial charge in [0.05, 0.1) is 11.4 Å². The quantitative estimate of drug-likeness (QED) is 0.373. The summed E-state index contributed by atoms with van der Waals surface area (Å²) in [6.45, 7) is 0. The van der Waals surface area contributed by atoms with E-state index < -0.39 is 29.4 Å². The van der Waals surface area contributed by atoms with Gasteiger partial charge in [-0.15, -0.1) is 0 Å². The van der Waals surface area contributed by atoms with E-state index in [2.05, 4.69) is 24.9 Å². The summed E-state index contributed by atoms with van der Waals surface area (Å²) in [4.78, 5) is 20.0. The molecule has 0 aliphatic carbocycles. The molecule has 0 spiro atoms. The minimum absolute atomic E-state index is 0.209. The standard InChI is InChI=1S/C16H10ClF3N6O3/c17-9-2-1-3-10(8-9)22-13(23-28)12-14(25-29-24-12)26(15(27)16(18,19)20)11-4-6-21-7-5-11/h1-8,28H,(H,22,23). The van der Waals surface area contributed by atoms with Crippen LogP contribution < -0.4 is 10.4 Å². The van der Waals surface area contributed by atoms with Gasteiger partial charge in [0, 0.05) is 17.4 Å². The predicted molar refractivity (Wildman–Crippen MR) is 94.3 cm³/mol. The molecule has 0 saturated carbocycles. The molecule has 0 bridgehead atoms. The topological polar surface area (TPSA) is 117 Å². The van der Waals surface area contributed by atoms with E-state index in [0.29, 0.717) is 5.02 Å². The van der Waals surface area contributed by atoms with E-state index >= 15 is 0 Å². The lowest BCUT2D eigenvalue weighted by Gasteiger charge is -2.21. The van der Waals surface area contributed by atoms with E-state index in [1.54, 1.807) is 17.6 Å². The van der Waals surface area contributed by atoms with Gasteiger partial charge < -0.3 is 0 Å². The van der Waals surface area contributed by atoms with E-state index in [1.165, 1.54) is 24.5 Å². The summed E-state index contributed by atoms with van der Waals surface area (Å²) in [7, 11) is 0. The number of aromatic nitrogens is 3. The maximum absolute atomic E-state index is 13.2. The summed E-state index contributed by atoms with van der Waals surface area (Å²) in [5, 5.41) is 16.6. The Labute approximate surface area is 165 Å². The first kappa shape index (κ1) is 20.2. The highest BCUT2D eigenvalue weighted by molar-refractivity contribution is 6.30. The molecule has 0 radical (unpaired) electrons. The highest BCUT2D eigenvalue weighted by atomic mass is 35.5. The number of hydrogen-bond donors (Lipinski definition) is 2. The molecule has 0 atom stereocenters. The molecule has 2 aromatic heterocycles. The molecular weight excluding hydrogens is 417 g/mol. The van der Waals surface area contributed by atoms with Gasteiger partial charge >= 0.3 is 12.1 Å². The first-order valence-electron chi connectivity index (χ1n) is 7.70. The van der Waals surface area contributed by atoms with Crippen LogP contribution in [0.1, 0.15) is 5.69 Å². The number of halogens is 4. The zero-order valence-corrected chi connectivity index (χ0v) is 14.9. The summed E-state index contributed by atoms with van der Waals surface area (Å²) in [5.74, 6) is -3.35. The molecule has 0 fully saturated rings. The average molecular weight is 427 g/mol. The normalized spacial score (nSPS) is 12.0. The zero-order valence-electron chi connectivity index (χ0n) is 14.1. The lowest BCUT2D eigenvalue weighted by atomic mass is 10.2. The summed E-state index contributed by atoms with van der Waals surface area (Å²) >= 11 is 5.87. The molecule has 13 heteroatoms. The van der Waals surface area contributed by atoms with E-state index in [0.717, 1.165) is 12.1 Å². The van der Waals surface area contributed by atoms with Crippen molar-refractivity contribution in [2.75, 3.05) is 4.90 Å². The number of alkyl halides is 3. The minimum atomic E-state index is -5.24. The molecule has 1 aromatic carbocycles. The SMILES string of the molecule is O=C(N(c1ccncc1)c1nonc1C(=Nc1cccc(Cl)c1)NO)C(F)(F)F. The summed E-state index contributed by atoms with van der Waals surface area (Å²) in [5.41, 5.74) is 1.28. The Morgan fingerprint density at radius 1 is 1.21 bits per heavy atom. The highest BCUT2D eigenvalue weighted by Gasteiger charge is 2.46. The molecule has 150 valence electrons. The second-order valence-electron chi connectivity index (χ2n) is 5.33. The molecule has 0 saturated heterocycles. The number of benzene rings is 1. The van der Waals surface area contributed by atoms with Gasteiger partial charge in [-0.2, -0.15) is 13.2 Å². The fourth-order valence-corrected chi connectivity index (χ4v) is 2.43. The Balaban J connectivity index is 2.13. The monoisotopic (exact) mass is 426 g/mol. The fourth-order valence-electron chi connectivity index (χ4n) is 2.24. The third-order valence-electron chi connectivity index (χ3n) is 3.43. The number of nitrogens with one attached hydrogen (secondary N) is 1. The number of anilines is 2. The van der Waals surface area contributed by atoms with Gasteiger partial charge in [0.2, 0.25) is 5.82 Å². The Bertz CT molecular complexity index is 1040. The van der Waals surface area contributed by atoms with Gasteiger partial charge in [-0.25, -0.2) is 9.62 Å². The Morgan fingerprint density at radius 3 is 2.55 bits per heavy atom. The second kappa shape index (κ2) is 8.24. The van der Waals surface area contributed by atoms with Crippen molar-refractivity contribution < 1.29 is 27.8 Å². The molecule has 1 amide bonds. The Morgan fingerprint density at radius 2 is 1.93 bits per heavy atom. The van der Waals surface area contributed by atoms with Crippen LogP contribution in [0.4, 0.5) is 30.4 Å². The van der Waals surface area contributed by atoms with E-state index in [4.69, 9.17) is 11.6 Å². The average Bonchev–Trinajstić information content (AvgIpc) is 3.15. The summed E-state index contributed by atoms with van der Waals surface area (Å²) < 4.78 is 44.1. The smallest absolute Gasteiger partial charge is 0.290 e. The van der Waals surface area contributed by atoms with E-state index in [9.17, 15) is 23.2 Å². The van der Waals surface area contributed by atoms with Crippen molar-refractivity contribution in [2.45, 2.75) is 6.18 Å². The number of carbonyl (C=O) groups is 1. The number of hydrogen-bond acceptors (Lipinski definition) is 7. The van der Waals surface area contributed by atoms with E-state index in [-0.39, 0.29) is 16.3 Å². The van der Waals surface area contributed by atoms with Crippen LogP contribution in [0.15, 0.2) is 58.4 Å². The largest absolute Gasteiger partial charge is 0.472 e. The first-order valence-corrected chi connectivity index (χ1v) is 8.07. The van der Waals surface area contributed by atoms with Crippen LogP contribution in [0.5, 0.6) is 0 Å². The van der Waals surface area contributed by atoms with Crippen molar-refractivity contribution in [1.82, 2.24) is 20.8 Å². The Hall–Kier alpha value is -3.51. The number of nitrogens with zero attached hydrogens (tertiary/aromatic N) is 5. The van der Waals surface area contributed by atoms with E-state index in [1.807, 2.05) is 0 Å². The van der Waals surface area contributed by atoms with Crippen molar-refractivity contribution in [2.24, 2.45) is 4.99 Å². The lowest BCUT2D eigenvalue weighted by Crippen LogP contribution is -2.39. The number of carbonyl (C=O) groups excluding carboxylic acids is 1. The van der Waals surface area contributed by atoms with Crippen molar-refractivity contribution in [3.63, 3.8) is 0 Å². The van der Waals surface area contributed by atoms with Crippen LogP contribution in [-0.4, -0.2) is 38.4 Å². The molecule has 3 aromatic rings. The number of amides is 1. The van der Waals surface area contributed by atoms with Crippen molar-refractivity contribution in [3.05, 3.63) is 59.5 Å². The minimum Gasteiger partial charge on any atom is -0.290 e. The molecule has 2 heterocycles. The maximum Gasteiger partial charge on any atom is 0.472 e. The molecule has 2 N–H and O–H groups in total.